The molecule has 1 heterocycles. The van der Waals surface area contributed by atoms with Crippen LogP contribution in [-0.4, -0.2) is 39.6 Å². The van der Waals surface area contributed by atoms with Crippen molar-refractivity contribution < 1.29 is 27.5 Å². The standard InChI is InChI=1S/C14H17NO6S/c1-10-2-4-11(5-3-10)22(18,19)15-8-6-13(16)21-12-7-9-20-14(12)17/h2-5,12,15H,6-9H2,1H3. The summed E-state index contributed by atoms with van der Waals surface area (Å²) in [5, 5.41) is 0. The summed E-state index contributed by atoms with van der Waals surface area (Å²) in [6.07, 6.45) is -0.699. The van der Waals surface area contributed by atoms with Crippen LogP contribution in [0.25, 0.3) is 0 Å². The number of carbonyl (C=O) groups is 2. The van der Waals surface area contributed by atoms with Gasteiger partial charge in [-0.05, 0) is 19.1 Å². The molecule has 8 heteroatoms. The smallest absolute Gasteiger partial charge is 0.347 e. The van der Waals surface area contributed by atoms with Crippen LogP contribution < -0.4 is 4.72 Å². The molecule has 1 aliphatic heterocycles. The summed E-state index contributed by atoms with van der Waals surface area (Å²) in [4.78, 5) is 22.8. The first-order chi connectivity index (χ1) is 10.4. The molecule has 0 aromatic heterocycles. The van der Waals surface area contributed by atoms with E-state index in [0.29, 0.717) is 6.42 Å². The molecular weight excluding hydrogens is 310 g/mol. The van der Waals surface area contributed by atoms with E-state index < -0.39 is 28.1 Å². The molecule has 0 radical (unpaired) electrons. The molecule has 1 N–H and O–H groups in total. The van der Waals surface area contributed by atoms with Crippen LogP contribution in [0.3, 0.4) is 0 Å². The average Bonchev–Trinajstić information content (AvgIpc) is 2.84. The highest BCUT2D eigenvalue weighted by molar-refractivity contribution is 7.89. The van der Waals surface area contributed by atoms with Gasteiger partial charge < -0.3 is 9.47 Å². The molecular formula is C14H17NO6S. The van der Waals surface area contributed by atoms with Crippen LogP contribution in [0, 0.1) is 6.92 Å². The minimum Gasteiger partial charge on any atom is -0.463 e. The lowest BCUT2D eigenvalue weighted by molar-refractivity contribution is -0.160. The minimum atomic E-state index is -3.66. The molecule has 7 nitrogen and oxygen atoms in total. The third-order valence-electron chi connectivity index (χ3n) is 3.11. The van der Waals surface area contributed by atoms with E-state index in [2.05, 4.69) is 9.46 Å². The van der Waals surface area contributed by atoms with Gasteiger partial charge >= 0.3 is 11.9 Å². The Morgan fingerprint density at radius 3 is 2.64 bits per heavy atom. The van der Waals surface area contributed by atoms with Crippen molar-refractivity contribution in [2.24, 2.45) is 0 Å². The molecule has 0 amide bonds. The zero-order valence-corrected chi connectivity index (χ0v) is 12.9. The van der Waals surface area contributed by atoms with Gasteiger partial charge in [-0.1, -0.05) is 17.7 Å². The number of cyclic esters (lactones) is 1. The van der Waals surface area contributed by atoms with Gasteiger partial charge in [-0.15, -0.1) is 0 Å². The van der Waals surface area contributed by atoms with E-state index in [1.807, 2.05) is 6.92 Å². The number of hydrogen-bond acceptors (Lipinski definition) is 6. The lowest BCUT2D eigenvalue weighted by Crippen LogP contribution is -2.29. The fraction of sp³-hybridized carbons (Fsp3) is 0.429. The predicted molar refractivity (Wildman–Crippen MR) is 76.4 cm³/mol. The Balaban J connectivity index is 1.81. The third kappa shape index (κ3) is 4.28. The number of carbonyl (C=O) groups excluding carboxylic acids is 2. The largest absolute Gasteiger partial charge is 0.463 e. The molecule has 22 heavy (non-hydrogen) atoms. The van der Waals surface area contributed by atoms with Crippen molar-refractivity contribution in [3.05, 3.63) is 29.8 Å². The van der Waals surface area contributed by atoms with Crippen molar-refractivity contribution in [1.29, 1.82) is 0 Å². The molecule has 2 rings (SSSR count). The Morgan fingerprint density at radius 2 is 2.05 bits per heavy atom. The maximum atomic E-state index is 12.0. The van der Waals surface area contributed by atoms with Crippen molar-refractivity contribution in [3.63, 3.8) is 0 Å². The van der Waals surface area contributed by atoms with Crippen LogP contribution in [-0.2, 0) is 29.1 Å². The molecule has 1 aromatic rings. The summed E-state index contributed by atoms with van der Waals surface area (Å²) in [5.41, 5.74) is 0.950. The highest BCUT2D eigenvalue weighted by atomic mass is 32.2. The van der Waals surface area contributed by atoms with Crippen LogP contribution in [0.5, 0.6) is 0 Å². The lowest BCUT2D eigenvalue weighted by atomic mass is 10.2. The van der Waals surface area contributed by atoms with E-state index >= 15 is 0 Å². The van der Waals surface area contributed by atoms with Gasteiger partial charge in [0.05, 0.1) is 17.9 Å². The van der Waals surface area contributed by atoms with Crippen LogP contribution in [0.1, 0.15) is 18.4 Å². The molecule has 0 bridgehead atoms. The van der Waals surface area contributed by atoms with E-state index in [4.69, 9.17) is 4.74 Å². The highest BCUT2D eigenvalue weighted by Gasteiger charge is 2.30. The Labute approximate surface area is 128 Å². The predicted octanol–water partition coefficient (Wildman–Crippen LogP) is 0.522. The van der Waals surface area contributed by atoms with E-state index in [1.54, 1.807) is 12.1 Å². The molecule has 120 valence electrons. The summed E-state index contributed by atoms with van der Waals surface area (Å²) in [6, 6.07) is 6.36. The molecule has 1 atom stereocenters. The molecule has 1 fully saturated rings. The van der Waals surface area contributed by atoms with E-state index in [1.165, 1.54) is 12.1 Å². The van der Waals surface area contributed by atoms with Crippen molar-refractivity contribution in [2.45, 2.75) is 30.8 Å². The van der Waals surface area contributed by atoms with Gasteiger partial charge in [-0.25, -0.2) is 17.9 Å². The van der Waals surface area contributed by atoms with Crippen molar-refractivity contribution in [1.82, 2.24) is 4.72 Å². The summed E-state index contributed by atoms with van der Waals surface area (Å²) in [7, 11) is -3.66. The Bertz CT molecular complexity index is 652. The minimum absolute atomic E-state index is 0.100. The first-order valence-corrected chi connectivity index (χ1v) is 8.29. The highest BCUT2D eigenvalue weighted by Crippen LogP contribution is 2.12. The van der Waals surface area contributed by atoms with E-state index in [0.717, 1.165) is 5.56 Å². The molecule has 1 unspecified atom stereocenters. The fourth-order valence-corrected chi connectivity index (χ4v) is 2.92. The second kappa shape index (κ2) is 6.89. The second-order valence-corrected chi connectivity index (χ2v) is 6.66. The summed E-state index contributed by atoms with van der Waals surface area (Å²) >= 11 is 0. The number of rotatable bonds is 6. The van der Waals surface area contributed by atoms with Crippen LogP contribution >= 0.6 is 0 Å². The van der Waals surface area contributed by atoms with Crippen molar-refractivity contribution in [2.75, 3.05) is 13.2 Å². The Kier molecular flexibility index (Phi) is 5.15. The summed E-state index contributed by atoms with van der Waals surface area (Å²) in [6.45, 7) is 1.99. The molecule has 1 aliphatic rings. The van der Waals surface area contributed by atoms with Gasteiger partial charge in [0.15, 0.2) is 0 Å². The van der Waals surface area contributed by atoms with Crippen LogP contribution in [0.4, 0.5) is 0 Å². The molecule has 1 saturated heterocycles. The number of aryl methyl sites for hydroxylation is 1. The Hall–Kier alpha value is -1.93. The number of nitrogens with one attached hydrogen (secondary N) is 1. The summed E-state index contributed by atoms with van der Waals surface area (Å²) < 4.78 is 35.9. The SMILES string of the molecule is Cc1ccc(S(=O)(=O)NCCC(=O)OC2CCOC2=O)cc1. The maximum Gasteiger partial charge on any atom is 0.347 e. The number of ether oxygens (including phenoxy) is 2. The van der Waals surface area contributed by atoms with Gasteiger partial charge in [-0.2, -0.15) is 0 Å². The van der Waals surface area contributed by atoms with E-state index in [9.17, 15) is 18.0 Å². The topological polar surface area (TPSA) is 98.8 Å². The van der Waals surface area contributed by atoms with Crippen molar-refractivity contribution >= 4 is 22.0 Å². The number of sulfonamides is 1. The number of benzene rings is 1. The fourth-order valence-electron chi connectivity index (χ4n) is 1.89. The number of hydrogen-bond donors (Lipinski definition) is 1. The normalized spacial score (nSPS) is 18.0. The van der Waals surface area contributed by atoms with Gasteiger partial charge in [0.2, 0.25) is 16.1 Å². The monoisotopic (exact) mass is 327 g/mol. The molecule has 0 saturated carbocycles. The van der Waals surface area contributed by atoms with Gasteiger partial charge in [0.25, 0.3) is 0 Å². The first-order valence-electron chi connectivity index (χ1n) is 6.81. The summed E-state index contributed by atoms with van der Waals surface area (Å²) in [5.74, 6) is -1.20. The zero-order valence-electron chi connectivity index (χ0n) is 12.1. The molecule has 1 aromatic carbocycles. The Morgan fingerprint density at radius 1 is 1.36 bits per heavy atom. The molecule has 0 aliphatic carbocycles. The number of esters is 2. The van der Waals surface area contributed by atoms with Gasteiger partial charge in [0.1, 0.15) is 0 Å². The quantitative estimate of drug-likeness (QED) is 0.765. The third-order valence-corrected chi connectivity index (χ3v) is 4.59. The zero-order chi connectivity index (χ0) is 16.2. The van der Waals surface area contributed by atoms with E-state index in [-0.39, 0.29) is 24.5 Å². The maximum absolute atomic E-state index is 12.0. The average molecular weight is 327 g/mol. The van der Waals surface area contributed by atoms with Gasteiger partial charge in [-0.3, -0.25) is 4.79 Å². The second-order valence-electron chi connectivity index (χ2n) is 4.90. The van der Waals surface area contributed by atoms with Gasteiger partial charge in [0, 0.05) is 13.0 Å². The lowest BCUT2D eigenvalue weighted by Gasteiger charge is -2.09. The first kappa shape index (κ1) is 16.4. The van der Waals surface area contributed by atoms with Crippen LogP contribution in [0.2, 0.25) is 0 Å². The van der Waals surface area contributed by atoms with Crippen LogP contribution in [0.15, 0.2) is 29.2 Å². The van der Waals surface area contributed by atoms with Crippen molar-refractivity contribution in [3.8, 4) is 0 Å². The molecule has 0 spiro atoms.